The number of hydrogen-bond acceptors (Lipinski definition) is 2. The summed E-state index contributed by atoms with van der Waals surface area (Å²) in [4.78, 5) is 0. The van der Waals surface area contributed by atoms with E-state index in [0.717, 1.165) is 0 Å². The van der Waals surface area contributed by atoms with Gasteiger partial charge in [-0.15, -0.1) is 0 Å². The molecular weight excluding hydrogens is 288 g/mol. The molecule has 0 atom stereocenters. The summed E-state index contributed by atoms with van der Waals surface area (Å²) >= 11 is 0. The molecule has 2 saturated carbocycles. The molecular formula is C19H27O2Si. The normalized spacial score (nSPS) is 20.1. The van der Waals surface area contributed by atoms with Crippen LogP contribution in [0.4, 0.5) is 0 Å². The first-order valence-corrected chi connectivity index (χ1v) is 10.1. The molecule has 2 rings (SSSR count). The second kappa shape index (κ2) is 10.4. The molecule has 0 aliphatic heterocycles. The first-order valence-electron chi connectivity index (χ1n) is 8.73. The zero-order valence-corrected chi connectivity index (χ0v) is 14.7. The highest BCUT2D eigenvalue weighted by Gasteiger charge is 2.15. The van der Waals surface area contributed by atoms with Crippen LogP contribution < -0.4 is 0 Å². The van der Waals surface area contributed by atoms with Crippen molar-refractivity contribution in [3.05, 3.63) is 11.8 Å². The van der Waals surface area contributed by atoms with Crippen molar-refractivity contribution in [2.24, 2.45) is 11.8 Å². The average Bonchev–Trinajstić information content (AvgIpc) is 2.57. The van der Waals surface area contributed by atoms with Gasteiger partial charge in [0.1, 0.15) is 0 Å². The Morgan fingerprint density at radius 1 is 0.773 bits per heavy atom. The van der Waals surface area contributed by atoms with E-state index in [9.17, 15) is 0 Å². The summed E-state index contributed by atoms with van der Waals surface area (Å²) in [5.74, 6) is 7.50. The topological polar surface area (TPSA) is 18.5 Å². The van der Waals surface area contributed by atoms with E-state index in [0.29, 0.717) is 11.8 Å². The molecule has 0 N–H and O–H groups in total. The van der Waals surface area contributed by atoms with Crippen molar-refractivity contribution >= 4 is 9.28 Å². The molecule has 0 aromatic heterocycles. The third-order valence-electron chi connectivity index (χ3n) is 4.34. The van der Waals surface area contributed by atoms with Crippen LogP contribution in [0.3, 0.4) is 0 Å². The van der Waals surface area contributed by atoms with E-state index in [1.165, 1.54) is 64.2 Å². The quantitative estimate of drug-likeness (QED) is 0.555. The molecule has 1 radical (unpaired) electrons. The minimum atomic E-state index is -1.52. The van der Waals surface area contributed by atoms with Crippen LogP contribution in [0.1, 0.15) is 71.1 Å². The van der Waals surface area contributed by atoms with E-state index in [2.05, 4.69) is 24.1 Å². The lowest BCUT2D eigenvalue weighted by Gasteiger charge is -2.15. The highest BCUT2D eigenvalue weighted by molar-refractivity contribution is 6.51. The maximum absolute atomic E-state index is 5.60. The van der Waals surface area contributed by atoms with Gasteiger partial charge in [0.15, 0.2) is 0 Å². The van der Waals surface area contributed by atoms with Crippen LogP contribution in [0.25, 0.3) is 0 Å². The molecule has 0 aromatic rings. The molecule has 119 valence electrons. The lowest BCUT2D eigenvalue weighted by Crippen LogP contribution is -2.16. The Labute approximate surface area is 137 Å². The highest BCUT2D eigenvalue weighted by Crippen LogP contribution is 2.23. The van der Waals surface area contributed by atoms with Crippen LogP contribution in [0, 0.1) is 35.9 Å². The Kier molecular flexibility index (Phi) is 8.06. The van der Waals surface area contributed by atoms with Gasteiger partial charge < -0.3 is 8.85 Å². The molecule has 0 aromatic carbocycles. The van der Waals surface area contributed by atoms with Crippen LogP contribution in [-0.4, -0.2) is 9.28 Å². The van der Waals surface area contributed by atoms with Gasteiger partial charge in [-0.05, 0) is 38.3 Å². The smallest absolute Gasteiger partial charge is 0.457 e. The van der Waals surface area contributed by atoms with E-state index < -0.39 is 9.28 Å². The van der Waals surface area contributed by atoms with E-state index in [-0.39, 0.29) is 0 Å². The highest BCUT2D eigenvalue weighted by atomic mass is 28.3. The van der Waals surface area contributed by atoms with Gasteiger partial charge in [0.25, 0.3) is 0 Å². The van der Waals surface area contributed by atoms with Gasteiger partial charge in [0.2, 0.25) is 0 Å². The molecule has 0 heterocycles. The number of rotatable bonds is 3. The minimum Gasteiger partial charge on any atom is -0.457 e. The second-order valence-corrected chi connectivity index (χ2v) is 7.57. The van der Waals surface area contributed by atoms with Crippen molar-refractivity contribution in [3.8, 4) is 24.1 Å². The van der Waals surface area contributed by atoms with Crippen LogP contribution in [-0.2, 0) is 8.85 Å². The summed E-state index contributed by atoms with van der Waals surface area (Å²) in [5, 5.41) is 0. The van der Waals surface area contributed by atoms with Crippen LogP contribution in [0.15, 0.2) is 11.8 Å². The molecule has 3 heteroatoms. The lowest BCUT2D eigenvalue weighted by atomic mass is 9.90. The monoisotopic (exact) mass is 315 g/mol. The fourth-order valence-corrected chi connectivity index (χ4v) is 3.81. The molecule has 0 spiro atoms. The van der Waals surface area contributed by atoms with E-state index >= 15 is 0 Å². The van der Waals surface area contributed by atoms with Crippen LogP contribution in [0.2, 0.25) is 0 Å². The molecule has 0 unspecified atom stereocenters. The summed E-state index contributed by atoms with van der Waals surface area (Å²) in [6.45, 7) is 1.97. The number of allylic oxidation sites excluding steroid dienone is 1. The maximum Gasteiger partial charge on any atom is 0.582 e. The summed E-state index contributed by atoms with van der Waals surface area (Å²) in [6.07, 6.45) is 20.5. The fraction of sp³-hybridized carbons (Fsp3) is 0.684. The van der Waals surface area contributed by atoms with Crippen molar-refractivity contribution < 1.29 is 8.85 Å². The Morgan fingerprint density at radius 3 is 1.64 bits per heavy atom. The van der Waals surface area contributed by atoms with E-state index in [4.69, 9.17) is 8.85 Å². The Balaban J connectivity index is 1.76. The maximum atomic E-state index is 5.60. The Morgan fingerprint density at radius 2 is 1.23 bits per heavy atom. The summed E-state index contributed by atoms with van der Waals surface area (Å²) in [7, 11) is -1.52. The summed E-state index contributed by atoms with van der Waals surface area (Å²) in [5.41, 5.74) is 1.95. The molecule has 0 bridgehead atoms. The standard InChI is InChI=1S/C19H27O2Si/c1-2-17-22(20-15-13-18-9-5-3-6-10-18)21-16-14-19-11-7-4-8-12-19/h2,17-19H,3-12H2,1H3. The molecule has 2 nitrogen and oxygen atoms in total. The van der Waals surface area contributed by atoms with Crippen molar-refractivity contribution in [1.29, 1.82) is 0 Å². The van der Waals surface area contributed by atoms with Gasteiger partial charge >= 0.3 is 9.28 Å². The third kappa shape index (κ3) is 6.63. The van der Waals surface area contributed by atoms with Gasteiger partial charge in [0, 0.05) is 11.8 Å². The van der Waals surface area contributed by atoms with Crippen LogP contribution in [0.5, 0.6) is 0 Å². The first kappa shape index (κ1) is 17.0. The molecule has 2 aliphatic carbocycles. The van der Waals surface area contributed by atoms with Crippen molar-refractivity contribution in [2.75, 3.05) is 0 Å². The molecule has 2 aliphatic rings. The van der Waals surface area contributed by atoms with Crippen molar-refractivity contribution in [3.63, 3.8) is 0 Å². The third-order valence-corrected chi connectivity index (χ3v) is 5.55. The molecule has 0 amide bonds. The van der Waals surface area contributed by atoms with Gasteiger partial charge in [-0.2, -0.15) is 0 Å². The molecule has 22 heavy (non-hydrogen) atoms. The van der Waals surface area contributed by atoms with Gasteiger partial charge in [-0.1, -0.05) is 56.4 Å². The predicted octanol–water partition coefficient (Wildman–Crippen LogP) is 4.71. The van der Waals surface area contributed by atoms with Crippen LogP contribution >= 0.6 is 0 Å². The zero-order chi connectivity index (χ0) is 15.5. The lowest BCUT2D eigenvalue weighted by molar-refractivity contribution is 0.383. The van der Waals surface area contributed by atoms with Gasteiger partial charge in [0.05, 0.1) is 12.2 Å². The van der Waals surface area contributed by atoms with E-state index in [1.807, 2.05) is 18.7 Å². The molecule has 0 saturated heterocycles. The SMILES string of the molecule is CC=C[Si](OC#CC1CCCCC1)OC#CC1CCCCC1. The Hall–Kier alpha value is -1.32. The fourth-order valence-electron chi connectivity index (χ4n) is 3.04. The van der Waals surface area contributed by atoms with Crippen molar-refractivity contribution in [1.82, 2.24) is 0 Å². The zero-order valence-electron chi connectivity index (χ0n) is 13.7. The largest absolute Gasteiger partial charge is 0.582 e. The number of hydrogen-bond donors (Lipinski definition) is 0. The van der Waals surface area contributed by atoms with E-state index in [1.54, 1.807) is 0 Å². The molecule has 2 fully saturated rings. The van der Waals surface area contributed by atoms with Gasteiger partial charge in [-0.3, -0.25) is 0 Å². The Bertz CT molecular complexity index is 413. The predicted molar refractivity (Wildman–Crippen MR) is 91.4 cm³/mol. The minimum absolute atomic E-state index is 0.510. The first-order chi connectivity index (χ1) is 10.9. The second-order valence-electron chi connectivity index (χ2n) is 6.19. The average molecular weight is 316 g/mol. The van der Waals surface area contributed by atoms with Crippen molar-refractivity contribution in [2.45, 2.75) is 71.1 Å². The van der Waals surface area contributed by atoms with Gasteiger partial charge in [-0.25, -0.2) is 0 Å². The summed E-state index contributed by atoms with van der Waals surface area (Å²) < 4.78 is 11.2. The summed E-state index contributed by atoms with van der Waals surface area (Å²) in [6, 6.07) is 0.